The number of pyridine rings is 1. The first kappa shape index (κ1) is 12.0. The van der Waals surface area contributed by atoms with Gasteiger partial charge in [0.25, 0.3) is 6.43 Å². The molecule has 7 heteroatoms. The Kier molecular flexibility index (Phi) is 3.67. The van der Waals surface area contributed by atoms with E-state index in [2.05, 4.69) is 20.9 Å². The summed E-state index contributed by atoms with van der Waals surface area (Å²) in [6, 6.07) is 1.10. The van der Waals surface area contributed by atoms with E-state index in [1.54, 1.807) is 0 Å². The Bertz CT molecular complexity index is 398. The van der Waals surface area contributed by atoms with Crippen LogP contribution in [0.4, 0.5) is 14.6 Å². The number of alkyl halides is 3. The van der Waals surface area contributed by atoms with E-state index in [4.69, 9.17) is 0 Å². The average molecular weight is 281 g/mol. The van der Waals surface area contributed by atoms with Crippen LogP contribution in [0.2, 0.25) is 0 Å². The van der Waals surface area contributed by atoms with Gasteiger partial charge in [0.15, 0.2) is 5.69 Å². The summed E-state index contributed by atoms with van der Waals surface area (Å²) < 4.78 is 25.0. The predicted octanol–water partition coefficient (Wildman–Crippen LogP) is 3.13. The smallest absolute Gasteiger partial charge is 0.358 e. The van der Waals surface area contributed by atoms with Crippen LogP contribution in [-0.4, -0.2) is 9.91 Å². The normalized spacial score (nSPS) is 10.7. The summed E-state index contributed by atoms with van der Waals surface area (Å²) in [4.78, 5) is 13.4. The second-order valence-electron chi connectivity index (χ2n) is 2.86. The molecule has 82 valence electrons. The van der Waals surface area contributed by atoms with E-state index in [1.807, 2.05) is 0 Å². The van der Waals surface area contributed by atoms with Gasteiger partial charge in [0.1, 0.15) is 0 Å². The molecule has 0 aliphatic heterocycles. The summed E-state index contributed by atoms with van der Waals surface area (Å²) in [6.07, 6.45) is -2.68. The molecule has 0 aliphatic carbocycles. The van der Waals surface area contributed by atoms with Crippen molar-refractivity contribution in [3.8, 4) is 0 Å². The molecule has 0 N–H and O–H groups in total. The third-order valence-corrected chi connectivity index (χ3v) is 2.36. The van der Waals surface area contributed by atoms with E-state index in [9.17, 15) is 18.9 Å². The van der Waals surface area contributed by atoms with Crippen molar-refractivity contribution in [1.82, 2.24) is 4.98 Å². The highest BCUT2D eigenvalue weighted by Crippen LogP contribution is 2.27. The number of hydrogen-bond acceptors (Lipinski definition) is 3. The minimum Gasteiger partial charge on any atom is -0.358 e. The molecule has 0 aliphatic rings. The molecule has 0 fully saturated rings. The maximum absolute atomic E-state index is 12.5. The summed E-state index contributed by atoms with van der Waals surface area (Å²) in [7, 11) is 0. The highest BCUT2D eigenvalue weighted by molar-refractivity contribution is 9.08. The van der Waals surface area contributed by atoms with Crippen molar-refractivity contribution in [3.05, 3.63) is 33.0 Å². The van der Waals surface area contributed by atoms with E-state index in [0.29, 0.717) is 0 Å². The van der Waals surface area contributed by atoms with Crippen molar-refractivity contribution in [2.24, 2.45) is 0 Å². The molecule has 1 rings (SSSR count). The van der Waals surface area contributed by atoms with Crippen LogP contribution >= 0.6 is 15.9 Å². The van der Waals surface area contributed by atoms with Gasteiger partial charge in [-0.25, -0.2) is 8.78 Å². The summed E-state index contributed by atoms with van der Waals surface area (Å²) in [5.74, 6) is -0.381. The molecule has 1 aromatic rings. The first-order valence-corrected chi connectivity index (χ1v) is 5.08. The van der Waals surface area contributed by atoms with Gasteiger partial charge in [0, 0.05) is 5.56 Å². The molecular formula is C8H7BrF2N2O2. The predicted molar refractivity (Wildman–Crippen MR) is 53.2 cm³/mol. The zero-order valence-corrected chi connectivity index (χ0v) is 9.29. The third-order valence-electron chi connectivity index (χ3n) is 1.83. The highest BCUT2D eigenvalue weighted by Gasteiger charge is 2.23. The number of hydrogen-bond donors (Lipinski definition) is 0. The lowest BCUT2D eigenvalue weighted by molar-refractivity contribution is -0.390. The number of aromatic nitrogens is 1. The van der Waals surface area contributed by atoms with Crippen molar-refractivity contribution in [3.63, 3.8) is 0 Å². The molecule has 0 bridgehead atoms. The van der Waals surface area contributed by atoms with Crippen LogP contribution in [0, 0.1) is 17.0 Å². The van der Waals surface area contributed by atoms with E-state index in [0.717, 1.165) is 6.07 Å². The fourth-order valence-corrected chi connectivity index (χ4v) is 1.59. The topological polar surface area (TPSA) is 56.0 Å². The van der Waals surface area contributed by atoms with Gasteiger partial charge in [-0.2, -0.15) is 0 Å². The van der Waals surface area contributed by atoms with Gasteiger partial charge in [-0.15, -0.1) is 0 Å². The molecule has 0 aromatic carbocycles. The number of aryl methyl sites for hydroxylation is 1. The van der Waals surface area contributed by atoms with Gasteiger partial charge in [0.2, 0.25) is 0 Å². The molecule has 0 saturated carbocycles. The third kappa shape index (κ3) is 2.47. The van der Waals surface area contributed by atoms with Gasteiger partial charge in [0.05, 0.1) is 10.9 Å². The SMILES string of the molecule is Cc1cc(C(F)F)c(CBr)nc1[N+](=O)[O-]. The van der Waals surface area contributed by atoms with Gasteiger partial charge in [-0.1, -0.05) is 15.9 Å². The summed E-state index contributed by atoms with van der Waals surface area (Å²) in [6.45, 7) is 1.38. The van der Waals surface area contributed by atoms with Crippen molar-refractivity contribution < 1.29 is 13.7 Å². The summed E-state index contributed by atoms with van der Waals surface area (Å²) in [5, 5.41) is 10.6. The zero-order chi connectivity index (χ0) is 11.6. The van der Waals surface area contributed by atoms with Crippen LogP contribution in [0.3, 0.4) is 0 Å². The Morgan fingerprint density at radius 1 is 1.67 bits per heavy atom. The Hall–Kier alpha value is -1.11. The molecule has 0 atom stereocenters. The number of nitrogens with zero attached hydrogens (tertiary/aromatic N) is 2. The van der Waals surface area contributed by atoms with Crippen LogP contribution in [-0.2, 0) is 5.33 Å². The lowest BCUT2D eigenvalue weighted by Crippen LogP contribution is -2.03. The van der Waals surface area contributed by atoms with E-state index < -0.39 is 11.3 Å². The quantitative estimate of drug-likeness (QED) is 0.486. The molecule has 0 spiro atoms. The largest absolute Gasteiger partial charge is 0.366 e. The monoisotopic (exact) mass is 280 g/mol. The van der Waals surface area contributed by atoms with Crippen LogP contribution < -0.4 is 0 Å². The Morgan fingerprint density at radius 2 is 2.27 bits per heavy atom. The molecule has 0 saturated heterocycles. The second kappa shape index (κ2) is 4.61. The van der Waals surface area contributed by atoms with Crippen LogP contribution in [0.1, 0.15) is 23.2 Å². The molecule has 1 heterocycles. The minimum absolute atomic E-state index is 0.00213. The lowest BCUT2D eigenvalue weighted by atomic mass is 10.1. The molecule has 0 radical (unpaired) electrons. The first-order valence-electron chi connectivity index (χ1n) is 3.96. The number of halogens is 3. The molecule has 1 aromatic heterocycles. The zero-order valence-electron chi connectivity index (χ0n) is 7.71. The summed E-state index contributed by atoms with van der Waals surface area (Å²) in [5.41, 5.74) is -0.128. The highest BCUT2D eigenvalue weighted by atomic mass is 79.9. The van der Waals surface area contributed by atoms with Crippen molar-refractivity contribution in [1.29, 1.82) is 0 Å². The van der Waals surface area contributed by atoms with Crippen LogP contribution in [0.25, 0.3) is 0 Å². The van der Waals surface area contributed by atoms with Gasteiger partial charge in [-0.05, 0) is 22.9 Å². The van der Waals surface area contributed by atoms with Gasteiger partial charge >= 0.3 is 5.82 Å². The Balaban J connectivity index is 3.35. The standard InChI is InChI=1S/C8H7BrF2N2O2/c1-4-2-5(7(10)11)6(3-9)12-8(4)13(14)15/h2,7H,3H2,1H3. The Labute approximate surface area is 92.6 Å². The first-order chi connectivity index (χ1) is 6.97. The minimum atomic E-state index is -2.68. The molecule has 0 amide bonds. The molecule has 4 nitrogen and oxygen atoms in total. The van der Waals surface area contributed by atoms with Crippen molar-refractivity contribution in [2.45, 2.75) is 18.7 Å². The maximum Gasteiger partial charge on any atom is 0.366 e. The average Bonchev–Trinajstić information content (AvgIpc) is 2.16. The summed E-state index contributed by atoms with van der Waals surface area (Å²) >= 11 is 2.97. The van der Waals surface area contributed by atoms with E-state index in [1.165, 1.54) is 6.92 Å². The molecule has 15 heavy (non-hydrogen) atoms. The fraction of sp³-hybridized carbons (Fsp3) is 0.375. The van der Waals surface area contributed by atoms with E-state index in [-0.39, 0.29) is 28.0 Å². The molecule has 0 unspecified atom stereocenters. The van der Waals surface area contributed by atoms with Gasteiger partial charge < -0.3 is 10.1 Å². The van der Waals surface area contributed by atoms with Crippen molar-refractivity contribution in [2.75, 3.05) is 0 Å². The Morgan fingerprint density at radius 3 is 2.67 bits per heavy atom. The van der Waals surface area contributed by atoms with Crippen molar-refractivity contribution >= 4 is 21.7 Å². The number of rotatable bonds is 3. The number of nitro groups is 1. The lowest BCUT2D eigenvalue weighted by Gasteiger charge is -2.04. The molecular weight excluding hydrogens is 274 g/mol. The fourth-order valence-electron chi connectivity index (χ4n) is 1.14. The van der Waals surface area contributed by atoms with Crippen LogP contribution in [0.15, 0.2) is 6.07 Å². The van der Waals surface area contributed by atoms with Crippen LogP contribution in [0.5, 0.6) is 0 Å². The second-order valence-corrected chi connectivity index (χ2v) is 3.42. The maximum atomic E-state index is 12.5. The van der Waals surface area contributed by atoms with Gasteiger partial charge in [-0.3, -0.25) is 0 Å². The van der Waals surface area contributed by atoms with E-state index >= 15 is 0 Å².